The van der Waals surface area contributed by atoms with E-state index in [0.29, 0.717) is 19.7 Å². The van der Waals surface area contributed by atoms with Gasteiger partial charge in [0, 0.05) is 18.7 Å². The summed E-state index contributed by atoms with van der Waals surface area (Å²) in [6.07, 6.45) is 3.15. The minimum atomic E-state index is -0.0606. The van der Waals surface area contributed by atoms with E-state index in [1.807, 2.05) is 31.2 Å². The normalized spacial score (nSPS) is 18.4. The number of likely N-dealkylation sites (tertiary alicyclic amines) is 1. The largest absolute Gasteiger partial charge is 0.494 e. The number of likely N-dealkylation sites (N-methyl/N-ethyl adjacent to an activating group) is 1. The second-order valence-electron chi connectivity index (χ2n) is 6.16. The standard InChI is InChI=1S/C19H30N2O3/c1-3-20-12-8-7-10-17(20)19(23)21(13-14-22)15-16-9-5-6-11-18(16)24-4-2/h5-6,9,11,17,22H,3-4,7-8,10,12-15H2,1-2H3/t17-/m1/s1. The van der Waals surface area contributed by atoms with Gasteiger partial charge >= 0.3 is 0 Å². The number of para-hydroxylation sites is 1. The van der Waals surface area contributed by atoms with E-state index in [1.54, 1.807) is 4.90 Å². The molecule has 1 N–H and O–H groups in total. The van der Waals surface area contributed by atoms with Crippen molar-refractivity contribution in [3.8, 4) is 5.75 Å². The number of aliphatic hydroxyl groups is 1. The molecule has 1 fully saturated rings. The predicted molar refractivity (Wildman–Crippen MR) is 95.0 cm³/mol. The maximum atomic E-state index is 13.1. The van der Waals surface area contributed by atoms with Crippen molar-refractivity contribution in [2.24, 2.45) is 0 Å². The molecule has 1 saturated heterocycles. The molecule has 5 nitrogen and oxygen atoms in total. The zero-order valence-corrected chi connectivity index (χ0v) is 14.9. The monoisotopic (exact) mass is 334 g/mol. The van der Waals surface area contributed by atoms with E-state index in [2.05, 4.69) is 11.8 Å². The van der Waals surface area contributed by atoms with Crippen molar-refractivity contribution in [2.45, 2.75) is 45.7 Å². The van der Waals surface area contributed by atoms with Gasteiger partial charge in [-0.15, -0.1) is 0 Å². The van der Waals surface area contributed by atoms with Crippen LogP contribution in [-0.2, 0) is 11.3 Å². The Balaban J connectivity index is 2.15. The Labute approximate surface area is 145 Å². The van der Waals surface area contributed by atoms with Crippen LogP contribution in [-0.4, -0.2) is 59.7 Å². The number of carbonyl (C=O) groups excluding carboxylic acids is 1. The van der Waals surface area contributed by atoms with Crippen LogP contribution < -0.4 is 4.74 Å². The molecule has 1 aromatic rings. The molecule has 0 saturated carbocycles. The number of hydrogen-bond donors (Lipinski definition) is 1. The van der Waals surface area contributed by atoms with Gasteiger partial charge < -0.3 is 14.7 Å². The molecule has 0 bridgehead atoms. The molecule has 1 heterocycles. The zero-order chi connectivity index (χ0) is 17.4. The molecule has 1 aromatic carbocycles. The highest BCUT2D eigenvalue weighted by atomic mass is 16.5. The Kier molecular flexibility index (Phi) is 7.53. The molecule has 5 heteroatoms. The van der Waals surface area contributed by atoms with Gasteiger partial charge in [0.2, 0.25) is 5.91 Å². The lowest BCUT2D eigenvalue weighted by Gasteiger charge is -2.37. The molecular formula is C19H30N2O3. The van der Waals surface area contributed by atoms with E-state index in [1.165, 1.54) is 0 Å². The first kappa shape index (κ1) is 18.7. The summed E-state index contributed by atoms with van der Waals surface area (Å²) in [6, 6.07) is 7.75. The first-order valence-corrected chi connectivity index (χ1v) is 9.05. The quantitative estimate of drug-likeness (QED) is 0.792. The molecule has 0 aliphatic carbocycles. The highest BCUT2D eigenvalue weighted by molar-refractivity contribution is 5.82. The molecule has 1 aliphatic heterocycles. The summed E-state index contributed by atoms with van der Waals surface area (Å²) in [6.45, 7) is 7.32. The van der Waals surface area contributed by atoms with Gasteiger partial charge in [0.1, 0.15) is 5.75 Å². The van der Waals surface area contributed by atoms with Gasteiger partial charge in [0.25, 0.3) is 0 Å². The van der Waals surface area contributed by atoms with E-state index in [9.17, 15) is 9.90 Å². The third kappa shape index (κ3) is 4.71. The fraction of sp³-hybridized carbons (Fsp3) is 0.632. The van der Waals surface area contributed by atoms with Gasteiger partial charge in [-0.2, -0.15) is 0 Å². The van der Waals surface area contributed by atoms with Crippen molar-refractivity contribution < 1.29 is 14.6 Å². The van der Waals surface area contributed by atoms with Crippen LogP contribution in [0.2, 0.25) is 0 Å². The summed E-state index contributed by atoms with van der Waals surface area (Å²) in [7, 11) is 0. The molecule has 2 rings (SSSR count). The van der Waals surface area contributed by atoms with Crippen molar-refractivity contribution in [1.29, 1.82) is 0 Å². The Morgan fingerprint density at radius 2 is 2.12 bits per heavy atom. The van der Waals surface area contributed by atoms with Crippen molar-refractivity contribution in [1.82, 2.24) is 9.80 Å². The molecule has 1 aliphatic rings. The summed E-state index contributed by atoms with van der Waals surface area (Å²) in [5.74, 6) is 0.934. The van der Waals surface area contributed by atoms with Crippen LogP contribution in [0.5, 0.6) is 5.75 Å². The predicted octanol–water partition coefficient (Wildman–Crippen LogP) is 2.28. The number of nitrogens with zero attached hydrogens (tertiary/aromatic N) is 2. The Morgan fingerprint density at radius 3 is 2.83 bits per heavy atom. The van der Waals surface area contributed by atoms with Crippen LogP contribution in [0.3, 0.4) is 0 Å². The maximum absolute atomic E-state index is 13.1. The molecule has 0 spiro atoms. The van der Waals surface area contributed by atoms with Gasteiger partial charge in [-0.05, 0) is 38.9 Å². The number of carbonyl (C=O) groups is 1. The van der Waals surface area contributed by atoms with Crippen molar-refractivity contribution >= 4 is 5.91 Å². The number of piperidine rings is 1. The fourth-order valence-electron chi connectivity index (χ4n) is 3.38. The summed E-state index contributed by atoms with van der Waals surface area (Å²) in [4.78, 5) is 17.1. The first-order chi connectivity index (χ1) is 11.7. The third-order valence-corrected chi connectivity index (χ3v) is 4.62. The van der Waals surface area contributed by atoms with Gasteiger partial charge in [0.15, 0.2) is 0 Å². The number of rotatable bonds is 8. The lowest BCUT2D eigenvalue weighted by molar-refractivity contribution is -0.139. The van der Waals surface area contributed by atoms with Crippen LogP contribution in [0, 0.1) is 0 Å². The van der Waals surface area contributed by atoms with E-state index in [-0.39, 0.29) is 18.6 Å². The summed E-state index contributed by atoms with van der Waals surface area (Å²) >= 11 is 0. The highest BCUT2D eigenvalue weighted by Gasteiger charge is 2.31. The van der Waals surface area contributed by atoms with Gasteiger partial charge in [-0.25, -0.2) is 0 Å². The molecule has 0 radical (unpaired) electrons. The van der Waals surface area contributed by atoms with E-state index < -0.39 is 0 Å². The van der Waals surface area contributed by atoms with E-state index >= 15 is 0 Å². The second kappa shape index (κ2) is 9.64. The molecule has 1 atom stereocenters. The van der Waals surface area contributed by atoms with Crippen molar-refractivity contribution in [3.05, 3.63) is 29.8 Å². The summed E-state index contributed by atoms with van der Waals surface area (Å²) in [5.41, 5.74) is 0.986. The van der Waals surface area contributed by atoms with Crippen molar-refractivity contribution in [3.63, 3.8) is 0 Å². The van der Waals surface area contributed by atoms with E-state index in [0.717, 1.165) is 43.7 Å². The minimum absolute atomic E-state index is 0.0264. The molecule has 0 aromatic heterocycles. The number of hydrogen-bond acceptors (Lipinski definition) is 4. The highest BCUT2D eigenvalue weighted by Crippen LogP contribution is 2.23. The van der Waals surface area contributed by atoms with Crippen LogP contribution in [0.1, 0.15) is 38.7 Å². The Morgan fingerprint density at radius 1 is 1.33 bits per heavy atom. The van der Waals surface area contributed by atoms with Crippen molar-refractivity contribution in [2.75, 3.05) is 32.8 Å². The lowest BCUT2D eigenvalue weighted by atomic mass is 10.0. The number of amides is 1. The average Bonchev–Trinajstić information content (AvgIpc) is 2.62. The Bertz CT molecular complexity index is 521. The molecule has 24 heavy (non-hydrogen) atoms. The van der Waals surface area contributed by atoms with Crippen LogP contribution >= 0.6 is 0 Å². The molecule has 0 unspecified atom stereocenters. The topological polar surface area (TPSA) is 53.0 Å². The smallest absolute Gasteiger partial charge is 0.240 e. The van der Waals surface area contributed by atoms with Crippen LogP contribution in [0.15, 0.2) is 24.3 Å². The number of aliphatic hydroxyl groups excluding tert-OH is 1. The SMILES string of the molecule is CCOc1ccccc1CN(CCO)C(=O)[C@H]1CCCCN1CC. The molecular weight excluding hydrogens is 304 g/mol. The molecule has 134 valence electrons. The maximum Gasteiger partial charge on any atom is 0.240 e. The Hall–Kier alpha value is -1.59. The van der Waals surface area contributed by atoms with E-state index in [4.69, 9.17) is 4.74 Å². The first-order valence-electron chi connectivity index (χ1n) is 9.05. The van der Waals surface area contributed by atoms with Gasteiger partial charge in [0.05, 0.1) is 19.3 Å². The second-order valence-corrected chi connectivity index (χ2v) is 6.16. The van der Waals surface area contributed by atoms with Gasteiger partial charge in [-0.1, -0.05) is 31.5 Å². The summed E-state index contributed by atoms with van der Waals surface area (Å²) in [5, 5.41) is 9.42. The lowest BCUT2D eigenvalue weighted by Crippen LogP contribution is -2.51. The zero-order valence-electron chi connectivity index (χ0n) is 14.9. The average molecular weight is 334 g/mol. The number of ether oxygens (including phenoxy) is 1. The summed E-state index contributed by atoms with van der Waals surface area (Å²) < 4.78 is 5.67. The van der Waals surface area contributed by atoms with Gasteiger partial charge in [-0.3, -0.25) is 9.69 Å². The third-order valence-electron chi connectivity index (χ3n) is 4.62. The molecule has 1 amide bonds. The van der Waals surface area contributed by atoms with Crippen LogP contribution in [0.25, 0.3) is 0 Å². The number of benzene rings is 1. The minimum Gasteiger partial charge on any atom is -0.494 e. The fourth-order valence-corrected chi connectivity index (χ4v) is 3.38. The van der Waals surface area contributed by atoms with Crippen LogP contribution in [0.4, 0.5) is 0 Å².